The maximum Gasteiger partial charge on any atom is 0.158 e. The van der Waals surface area contributed by atoms with E-state index in [1.54, 1.807) is 25.0 Å². The van der Waals surface area contributed by atoms with Crippen LogP contribution in [0.15, 0.2) is 11.1 Å². The minimum atomic E-state index is -0.940. The second-order valence-corrected chi connectivity index (χ2v) is 14.8. The molecule has 5 rings (SSSR count). The van der Waals surface area contributed by atoms with Crippen molar-refractivity contribution in [2.45, 2.75) is 136 Å². The molecule has 35 heavy (non-hydrogen) atoms. The zero-order valence-electron chi connectivity index (χ0n) is 23.1. The van der Waals surface area contributed by atoms with Crippen molar-refractivity contribution < 1.29 is 25.2 Å². The van der Waals surface area contributed by atoms with Crippen molar-refractivity contribution in [1.29, 1.82) is 0 Å². The third-order valence-corrected chi connectivity index (χ3v) is 12.5. The summed E-state index contributed by atoms with van der Waals surface area (Å²) >= 11 is 0. The summed E-state index contributed by atoms with van der Waals surface area (Å²) in [6.45, 7) is 15.2. The molecule has 0 aromatic heterocycles. The smallest absolute Gasteiger partial charge is 0.158 e. The van der Waals surface area contributed by atoms with Gasteiger partial charge in [0.2, 0.25) is 0 Å². The molecule has 0 radical (unpaired) electrons. The average Bonchev–Trinajstić information content (AvgIpc) is 3.03. The van der Waals surface area contributed by atoms with Crippen molar-refractivity contribution in [3.05, 3.63) is 11.1 Å². The van der Waals surface area contributed by atoms with Crippen molar-refractivity contribution in [3.8, 4) is 0 Å². The van der Waals surface area contributed by atoms with Crippen LogP contribution in [0.3, 0.4) is 0 Å². The van der Waals surface area contributed by atoms with Gasteiger partial charge in [0.15, 0.2) is 6.29 Å². The molecule has 200 valence electrons. The first-order chi connectivity index (χ1) is 16.1. The number of fused-ring (bicyclic) bond motifs is 4. The van der Waals surface area contributed by atoms with E-state index in [4.69, 9.17) is 4.74 Å². The third kappa shape index (κ3) is 3.51. The number of allylic oxidation sites excluding steroid dienone is 2. The summed E-state index contributed by atoms with van der Waals surface area (Å²) < 4.78 is 6.01. The quantitative estimate of drug-likeness (QED) is 0.411. The van der Waals surface area contributed by atoms with Crippen molar-refractivity contribution in [3.63, 3.8) is 0 Å². The topological polar surface area (TPSA) is 90.2 Å². The molecule has 5 heteroatoms. The Bertz CT molecular complexity index is 888. The lowest BCUT2D eigenvalue weighted by Crippen LogP contribution is -2.59. The van der Waals surface area contributed by atoms with Gasteiger partial charge < -0.3 is 25.2 Å². The molecule has 0 aromatic rings. The number of hydrogen-bond donors (Lipinski definition) is 4. The fraction of sp³-hybridized carbons (Fsp3) is 0.933. The van der Waals surface area contributed by atoms with E-state index < -0.39 is 24.1 Å². The first-order valence-electron chi connectivity index (χ1n) is 14.2. The van der Waals surface area contributed by atoms with Gasteiger partial charge in [-0.2, -0.15) is 0 Å². The van der Waals surface area contributed by atoms with Crippen molar-refractivity contribution in [1.82, 2.24) is 0 Å². The van der Waals surface area contributed by atoms with E-state index >= 15 is 0 Å². The maximum atomic E-state index is 11.1. The van der Waals surface area contributed by atoms with E-state index in [2.05, 4.69) is 34.6 Å². The van der Waals surface area contributed by atoms with Gasteiger partial charge in [0.1, 0.15) is 0 Å². The zero-order valence-corrected chi connectivity index (χ0v) is 23.1. The first-order valence-corrected chi connectivity index (χ1v) is 14.2. The van der Waals surface area contributed by atoms with Crippen LogP contribution >= 0.6 is 0 Å². The van der Waals surface area contributed by atoms with Crippen LogP contribution in [0.5, 0.6) is 0 Å². The largest absolute Gasteiger partial charge is 0.390 e. The molecule has 0 aromatic carbocycles. The number of aliphatic hydroxyl groups excluding tert-OH is 3. The molecule has 1 aliphatic heterocycles. The molecule has 4 N–H and O–H groups in total. The van der Waals surface area contributed by atoms with E-state index in [-0.39, 0.29) is 33.7 Å². The van der Waals surface area contributed by atoms with Gasteiger partial charge in [-0.15, -0.1) is 0 Å². The van der Waals surface area contributed by atoms with Gasteiger partial charge in [0.05, 0.1) is 23.9 Å². The van der Waals surface area contributed by atoms with Gasteiger partial charge in [-0.05, 0) is 105 Å². The maximum absolute atomic E-state index is 11.1. The van der Waals surface area contributed by atoms with Crippen LogP contribution in [0.4, 0.5) is 0 Å². The molecule has 3 fully saturated rings. The normalized spacial score (nSPS) is 52.0. The Kier molecular flexibility index (Phi) is 6.00. The summed E-state index contributed by atoms with van der Waals surface area (Å²) in [7, 11) is 0. The van der Waals surface area contributed by atoms with Crippen LogP contribution in [-0.2, 0) is 4.74 Å². The average molecular weight is 491 g/mol. The summed E-state index contributed by atoms with van der Waals surface area (Å²) in [5.41, 5.74) is 2.11. The minimum Gasteiger partial charge on any atom is -0.390 e. The van der Waals surface area contributed by atoms with Gasteiger partial charge in [0.25, 0.3) is 0 Å². The zero-order chi connectivity index (χ0) is 25.8. The van der Waals surface area contributed by atoms with Crippen molar-refractivity contribution >= 4 is 0 Å². The van der Waals surface area contributed by atoms with Gasteiger partial charge in [0, 0.05) is 5.92 Å². The molecule has 0 amide bonds. The molecule has 0 spiro atoms. The van der Waals surface area contributed by atoms with Crippen LogP contribution < -0.4 is 0 Å². The van der Waals surface area contributed by atoms with Crippen LogP contribution in [0.2, 0.25) is 0 Å². The monoisotopic (exact) mass is 490 g/mol. The van der Waals surface area contributed by atoms with Crippen LogP contribution in [-0.4, -0.2) is 50.6 Å². The highest BCUT2D eigenvalue weighted by atomic mass is 16.6. The highest BCUT2D eigenvalue weighted by Gasteiger charge is 2.65. The summed E-state index contributed by atoms with van der Waals surface area (Å²) in [5, 5.41) is 43.3. The lowest BCUT2D eigenvalue weighted by Gasteiger charge is -2.63. The first kappa shape index (κ1) is 26.2. The standard InChI is InChI=1S/C30H50O5/c1-26(2)22-10-9-20-19(28(22,5)16-21(31)24(26)32)13-15-29(6)18(12-14-30(20,29)7)17-8-11-23(27(3,4)34)35-25(17)33/h17-18,21-25,31-34H,8-16H2,1-7H3. The van der Waals surface area contributed by atoms with Gasteiger partial charge in [-0.25, -0.2) is 0 Å². The number of ether oxygens (including phenoxy) is 1. The lowest BCUT2D eigenvalue weighted by atomic mass is 9.43. The predicted octanol–water partition coefficient (Wildman–Crippen LogP) is 4.95. The summed E-state index contributed by atoms with van der Waals surface area (Å²) in [6, 6.07) is 0. The highest BCUT2D eigenvalue weighted by Crippen LogP contribution is 2.72. The minimum absolute atomic E-state index is 0.0639. The Morgan fingerprint density at radius 1 is 0.857 bits per heavy atom. The number of hydrogen-bond acceptors (Lipinski definition) is 5. The summed E-state index contributed by atoms with van der Waals surface area (Å²) in [5.74, 6) is 0.893. The van der Waals surface area contributed by atoms with Gasteiger partial charge in [-0.1, -0.05) is 45.8 Å². The van der Waals surface area contributed by atoms with E-state index in [0.717, 1.165) is 51.4 Å². The Hall–Kier alpha value is -0.460. The number of rotatable bonds is 2. The molecule has 1 saturated heterocycles. The van der Waals surface area contributed by atoms with E-state index in [0.29, 0.717) is 18.3 Å². The Balaban J connectivity index is 1.46. The highest BCUT2D eigenvalue weighted by molar-refractivity contribution is 5.39. The molecule has 4 aliphatic carbocycles. The molecule has 10 unspecified atom stereocenters. The third-order valence-electron chi connectivity index (χ3n) is 12.5. The molecular weight excluding hydrogens is 440 g/mol. The molecule has 5 nitrogen and oxygen atoms in total. The fourth-order valence-electron chi connectivity index (χ4n) is 10.3. The molecule has 10 atom stereocenters. The lowest BCUT2D eigenvalue weighted by molar-refractivity contribution is -0.247. The Labute approximate surface area is 212 Å². The molecule has 5 aliphatic rings. The summed E-state index contributed by atoms with van der Waals surface area (Å²) in [4.78, 5) is 0. The second kappa shape index (κ2) is 8.02. The van der Waals surface area contributed by atoms with E-state index in [1.807, 2.05) is 0 Å². The second-order valence-electron chi connectivity index (χ2n) is 14.8. The van der Waals surface area contributed by atoms with Crippen molar-refractivity contribution in [2.75, 3.05) is 0 Å². The van der Waals surface area contributed by atoms with Crippen LogP contribution in [0.25, 0.3) is 0 Å². The van der Waals surface area contributed by atoms with Gasteiger partial charge in [-0.3, -0.25) is 0 Å². The van der Waals surface area contributed by atoms with E-state index in [1.165, 1.54) is 0 Å². The molecule has 1 heterocycles. The number of aliphatic hydroxyl groups is 4. The predicted molar refractivity (Wildman–Crippen MR) is 136 cm³/mol. The fourth-order valence-corrected chi connectivity index (χ4v) is 10.3. The molecule has 2 saturated carbocycles. The molecular formula is C30H50O5. The Morgan fingerprint density at radius 3 is 2.17 bits per heavy atom. The van der Waals surface area contributed by atoms with E-state index in [9.17, 15) is 20.4 Å². The van der Waals surface area contributed by atoms with Crippen LogP contribution in [0, 0.1) is 39.4 Å². The Morgan fingerprint density at radius 2 is 1.54 bits per heavy atom. The van der Waals surface area contributed by atoms with Crippen LogP contribution in [0.1, 0.15) is 106 Å². The van der Waals surface area contributed by atoms with Gasteiger partial charge >= 0.3 is 0 Å². The SMILES string of the molecule is CC(C)(O)C1CCC(C2CCC3(C)C4=C(CCC23C)C2(C)CC(O)C(O)C(C)(C)C2CC4)C(O)O1. The molecule has 0 bridgehead atoms. The van der Waals surface area contributed by atoms with Crippen molar-refractivity contribution in [2.24, 2.45) is 39.4 Å². The summed E-state index contributed by atoms with van der Waals surface area (Å²) in [6.07, 6.45) is 6.44.